The zero-order chi connectivity index (χ0) is 18.9. The number of nitrogens with one attached hydrogen (secondary N) is 2. The predicted octanol–water partition coefficient (Wildman–Crippen LogP) is 4.44. The third-order valence-corrected chi connectivity index (χ3v) is 5.49. The van der Waals surface area contributed by atoms with E-state index < -0.39 is 5.41 Å². The van der Waals surface area contributed by atoms with Crippen LogP contribution in [0.3, 0.4) is 0 Å². The molecule has 1 aliphatic rings. The summed E-state index contributed by atoms with van der Waals surface area (Å²) in [4.78, 5) is 28.5. The van der Waals surface area contributed by atoms with Gasteiger partial charge < -0.3 is 10.6 Å². The molecule has 1 heterocycles. The van der Waals surface area contributed by atoms with Gasteiger partial charge in [0, 0.05) is 23.6 Å². The summed E-state index contributed by atoms with van der Waals surface area (Å²) in [6.45, 7) is 1.48. The lowest BCUT2D eigenvalue weighted by Gasteiger charge is -2.14. The number of carbonyl (C=O) groups is 2. The molecule has 1 fully saturated rings. The number of carbonyl (C=O) groups excluding carboxylic acids is 2. The highest BCUT2D eigenvalue weighted by atomic mass is 32.1. The van der Waals surface area contributed by atoms with Crippen LogP contribution < -0.4 is 10.6 Å². The Bertz CT molecular complexity index is 976. The lowest BCUT2D eigenvalue weighted by Crippen LogP contribution is -2.27. The van der Waals surface area contributed by atoms with Crippen LogP contribution in [-0.4, -0.2) is 16.8 Å². The summed E-state index contributed by atoms with van der Waals surface area (Å²) in [6.07, 6.45) is 1.73. The van der Waals surface area contributed by atoms with Crippen LogP contribution in [0.1, 0.15) is 25.3 Å². The Kier molecular flexibility index (Phi) is 4.49. The normalized spacial score (nSPS) is 14.4. The molecule has 0 unspecified atom stereocenters. The molecule has 6 heteroatoms. The maximum Gasteiger partial charge on any atom is 0.236 e. The molecular weight excluding hydrogens is 358 g/mol. The highest BCUT2D eigenvalue weighted by Gasteiger charge is 2.51. The van der Waals surface area contributed by atoms with Crippen molar-refractivity contribution < 1.29 is 9.59 Å². The number of anilines is 2. The smallest absolute Gasteiger partial charge is 0.236 e. The summed E-state index contributed by atoms with van der Waals surface area (Å²) in [5.41, 5.74) is 3.13. The molecule has 0 saturated heterocycles. The third-order valence-electron chi connectivity index (χ3n) is 4.74. The van der Waals surface area contributed by atoms with Crippen molar-refractivity contribution >= 4 is 34.0 Å². The van der Waals surface area contributed by atoms with Crippen LogP contribution in [0.15, 0.2) is 60.0 Å². The molecule has 3 aromatic rings. The second kappa shape index (κ2) is 6.96. The van der Waals surface area contributed by atoms with Crippen LogP contribution in [0.4, 0.5) is 10.8 Å². The number of thiazole rings is 1. The molecule has 2 amide bonds. The van der Waals surface area contributed by atoms with Gasteiger partial charge in [0.05, 0.1) is 11.1 Å². The molecule has 2 N–H and O–H groups in total. The molecule has 5 nitrogen and oxygen atoms in total. The lowest BCUT2D eigenvalue weighted by atomic mass is 9.95. The van der Waals surface area contributed by atoms with E-state index in [0.29, 0.717) is 5.13 Å². The van der Waals surface area contributed by atoms with Crippen molar-refractivity contribution in [2.45, 2.75) is 25.2 Å². The van der Waals surface area contributed by atoms with Gasteiger partial charge in [-0.15, -0.1) is 11.3 Å². The molecular formula is C21H19N3O2S. The molecule has 1 aliphatic carbocycles. The van der Waals surface area contributed by atoms with Gasteiger partial charge in [-0.25, -0.2) is 4.98 Å². The molecule has 2 aromatic carbocycles. The maximum atomic E-state index is 12.8. The topological polar surface area (TPSA) is 71.1 Å². The fourth-order valence-electron chi connectivity index (χ4n) is 3.14. The van der Waals surface area contributed by atoms with E-state index in [1.54, 1.807) is 0 Å². The molecule has 0 aliphatic heterocycles. The molecule has 1 aromatic heterocycles. The number of benzene rings is 2. The second-order valence-corrected chi connectivity index (χ2v) is 7.56. The quantitative estimate of drug-likeness (QED) is 0.690. The van der Waals surface area contributed by atoms with Crippen molar-refractivity contribution in [3.05, 3.63) is 65.5 Å². The number of hydrogen-bond acceptors (Lipinski definition) is 4. The highest BCUT2D eigenvalue weighted by Crippen LogP contribution is 2.49. The van der Waals surface area contributed by atoms with Gasteiger partial charge in [0.25, 0.3) is 0 Å². The molecule has 0 bridgehead atoms. The van der Waals surface area contributed by atoms with Crippen molar-refractivity contribution in [1.82, 2.24) is 4.98 Å². The molecule has 27 heavy (non-hydrogen) atoms. The standard InChI is InChI=1S/C21H19N3O2S/c1-14(25)22-17-9-7-15(8-10-17)18-13-27-20(23-18)24-19(26)21(11-12-21)16-5-3-2-4-6-16/h2-10,13H,11-12H2,1H3,(H,22,25)(H,23,24,26). The van der Waals surface area contributed by atoms with Gasteiger partial charge in [0.2, 0.25) is 11.8 Å². The van der Waals surface area contributed by atoms with Crippen LogP contribution in [-0.2, 0) is 15.0 Å². The second-order valence-electron chi connectivity index (χ2n) is 6.70. The van der Waals surface area contributed by atoms with Crippen LogP contribution in [0, 0.1) is 0 Å². The number of amides is 2. The van der Waals surface area contributed by atoms with Crippen LogP contribution in [0.25, 0.3) is 11.3 Å². The Labute approximate surface area is 161 Å². The van der Waals surface area contributed by atoms with E-state index in [0.717, 1.165) is 35.3 Å². The number of hydrogen-bond donors (Lipinski definition) is 2. The van der Waals surface area contributed by atoms with Crippen molar-refractivity contribution in [2.75, 3.05) is 10.6 Å². The van der Waals surface area contributed by atoms with Crippen molar-refractivity contribution in [3.8, 4) is 11.3 Å². The zero-order valence-corrected chi connectivity index (χ0v) is 15.7. The molecule has 1 saturated carbocycles. The van der Waals surface area contributed by atoms with E-state index in [2.05, 4.69) is 15.6 Å². The Hall–Kier alpha value is -2.99. The summed E-state index contributed by atoms with van der Waals surface area (Å²) in [5.74, 6) is -0.0931. The van der Waals surface area contributed by atoms with Crippen LogP contribution in [0.2, 0.25) is 0 Å². The predicted molar refractivity (Wildman–Crippen MR) is 108 cm³/mol. The van der Waals surface area contributed by atoms with Gasteiger partial charge in [0.1, 0.15) is 0 Å². The first-order chi connectivity index (χ1) is 13.1. The zero-order valence-electron chi connectivity index (χ0n) is 14.9. The summed E-state index contributed by atoms with van der Waals surface area (Å²) in [7, 11) is 0. The molecule has 136 valence electrons. The van der Waals surface area contributed by atoms with Gasteiger partial charge >= 0.3 is 0 Å². The largest absolute Gasteiger partial charge is 0.326 e. The van der Waals surface area contributed by atoms with Gasteiger partial charge in [-0.3, -0.25) is 9.59 Å². The van der Waals surface area contributed by atoms with E-state index in [1.807, 2.05) is 60.0 Å². The maximum absolute atomic E-state index is 12.8. The van der Waals surface area contributed by atoms with E-state index >= 15 is 0 Å². The van der Waals surface area contributed by atoms with Gasteiger partial charge in [-0.1, -0.05) is 42.5 Å². The van der Waals surface area contributed by atoms with Gasteiger partial charge in [-0.2, -0.15) is 0 Å². The molecule has 4 rings (SSSR count). The van der Waals surface area contributed by atoms with E-state index in [-0.39, 0.29) is 11.8 Å². The van der Waals surface area contributed by atoms with Gasteiger partial charge in [-0.05, 0) is 30.5 Å². The molecule has 0 spiro atoms. The van der Waals surface area contributed by atoms with E-state index in [1.165, 1.54) is 18.3 Å². The SMILES string of the molecule is CC(=O)Nc1ccc(-c2csc(NC(=O)C3(c4ccccc4)CC3)n2)cc1. The summed E-state index contributed by atoms with van der Waals surface area (Å²) in [5, 5.41) is 8.24. The van der Waals surface area contributed by atoms with E-state index in [4.69, 9.17) is 0 Å². The number of nitrogens with zero attached hydrogens (tertiary/aromatic N) is 1. The first-order valence-corrected chi connectivity index (χ1v) is 9.65. The number of rotatable bonds is 5. The monoisotopic (exact) mass is 377 g/mol. The Balaban J connectivity index is 1.47. The minimum Gasteiger partial charge on any atom is -0.326 e. The average molecular weight is 377 g/mol. The summed E-state index contributed by atoms with van der Waals surface area (Å²) < 4.78 is 0. The van der Waals surface area contributed by atoms with E-state index in [9.17, 15) is 9.59 Å². The van der Waals surface area contributed by atoms with Gasteiger partial charge in [0.15, 0.2) is 5.13 Å². The minimum absolute atomic E-state index is 0.00982. The lowest BCUT2D eigenvalue weighted by molar-refractivity contribution is -0.118. The van der Waals surface area contributed by atoms with Crippen molar-refractivity contribution in [2.24, 2.45) is 0 Å². The minimum atomic E-state index is -0.410. The van der Waals surface area contributed by atoms with Crippen molar-refractivity contribution in [3.63, 3.8) is 0 Å². The Morgan fingerprint density at radius 2 is 1.70 bits per heavy atom. The number of aromatic nitrogens is 1. The Morgan fingerprint density at radius 1 is 1.00 bits per heavy atom. The summed E-state index contributed by atoms with van der Waals surface area (Å²) >= 11 is 1.41. The van der Waals surface area contributed by atoms with Crippen LogP contribution in [0.5, 0.6) is 0 Å². The summed E-state index contributed by atoms with van der Waals surface area (Å²) in [6, 6.07) is 17.4. The third kappa shape index (κ3) is 3.61. The first kappa shape index (κ1) is 17.4. The molecule has 0 radical (unpaired) electrons. The first-order valence-electron chi connectivity index (χ1n) is 8.77. The fraction of sp³-hybridized carbons (Fsp3) is 0.190. The van der Waals surface area contributed by atoms with Crippen LogP contribution >= 0.6 is 11.3 Å². The average Bonchev–Trinajstić information content (AvgIpc) is 3.36. The van der Waals surface area contributed by atoms with Crippen molar-refractivity contribution in [1.29, 1.82) is 0 Å². The molecule has 0 atom stereocenters. The fourth-order valence-corrected chi connectivity index (χ4v) is 3.85. The highest BCUT2D eigenvalue weighted by molar-refractivity contribution is 7.14. The Morgan fingerprint density at radius 3 is 2.33 bits per heavy atom.